The first-order valence-corrected chi connectivity index (χ1v) is 53.7. The van der Waals surface area contributed by atoms with Crippen molar-refractivity contribution in [1.82, 2.24) is 77.7 Å². The molecule has 8 aromatic heterocycles. The minimum Gasteiger partial charge on any atom is -0.480 e. The van der Waals surface area contributed by atoms with Crippen LogP contribution in [0, 0.1) is 23.7 Å². The topological polar surface area (TPSA) is 389 Å². The Morgan fingerprint density at radius 1 is 0.333 bits per heavy atom. The fraction of sp³-hybridized carbons (Fsp3) is 0.481. The zero-order valence-electron chi connectivity index (χ0n) is 86.3. The highest BCUT2D eigenvalue weighted by molar-refractivity contribution is 6.34. The molecule has 2 aliphatic carbocycles. The highest BCUT2D eigenvalue weighted by Crippen LogP contribution is 2.39. The number of carbonyl (C=O) groups is 4. The SMILES string of the molecule is CCC(=O)COc1cc2cc(Nc3nc(N4CCN(C)CC4)ncc3Cl)ccc2n(CC2COC2)c1=O.CCC(=O)COc1cc2cc(Nc3nc(N4CCN(C)CC4)ncc3Cl)ccc2n(CCC2CC2)c1=O.CCC(=O)COc1cc2cc(Nc3nc(N4CCN(CC)CC4)ncc3Cl)ccc2n(CC2COC2)c1=O.CCC(=O)COc1cc2cc(Nc3nc(N4CCN(CC)CC4)ncc3Cl)ccc2n(CCC2CC2)c1=O. The summed E-state index contributed by atoms with van der Waals surface area (Å²) in [7, 11) is 4.21. The van der Waals surface area contributed by atoms with Crippen molar-refractivity contribution >= 4 is 183 Å². The molecule has 0 spiro atoms. The Balaban J connectivity index is 0.000000136. The number of hydrogen-bond acceptors (Lipinski definition) is 34. The third-order valence-corrected chi connectivity index (χ3v) is 29.4. The molecule has 8 fully saturated rings. The van der Waals surface area contributed by atoms with Crippen LogP contribution in [-0.2, 0) is 54.8 Å². The molecule has 8 aliphatic rings. The average Bonchev–Trinajstić information content (AvgIpc) is 1.57. The number of Topliss-reactive ketones (excluding diaryl/α,β-unsaturated/α-hetero) is 4. The van der Waals surface area contributed by atoms with Crippen molar-refractivity contribution in [3.8, 4) is 23.0 Å². The fourth-order valence-electron chi connectivity index (χ4n) is 18.2. The summed E-state index contributed by atoms with van der Waals surface area (Å²) in [4.78, 5) is 155. The summed E-state index contributed by atoms with van der Waals surface area (Å²) in [6.07, 6.45) is 14.7. The molecule has 0 bridgehead atoms. The number of piperazine rings is 4. The average molecular weight is 2130 g/mol. The van der Waals surface area contributed by atoms with E-state index in [9.17, 15) is 38.4 Å². The standard InChI is InChI=1S/C28H35ClN6O3.C27H33ClN6O4.C27H33ClN6O3.C26H31ClN6O4/c1-3-22(36)18-38-25-16-20-15-21(7-8-24(20)35(27(25)37)10-9-19-5-6-19)31-26-23(29)17-30-28(32-26)34-13-11-33(4-2)12-14-34;1-3-21(35)17-38-24-12-19-11-20(5-6-23(19)34(26(24)36)14-18-15-37-16-18)30-25-22(28)13-29-27(31-25)33-9-7-32(4-2)8-10-33;1-3-21(35)17-37-24-15-19-14-20(6-7-23(19)34(26(24)36)9-8-18-4-5-18)30-25-22(28)16-29-27(31-25)33-12-10-32(2)11-13-33;1-3-20(34)16-37-23-11-18-10-19(4-5-22(18)33(25(23)35)13-17-14-36-15-17)29-24-21(27)12-28-26(30-24)32-8-6-31(2)7-9-32/h7-8,15-17,19H,3-6,9-14,18H2,1-2H3,(H,30,31,32);5-6,11-13,18H,3-4,7-10,14-17H2,1-2H3,(H,29,30,31);6-7,14-16,18H,3-5,8-13,17H2,1-2H3,(H,29,30,31);4-5,10-12,17H,3,6-9,13-16H2,1-2H3,(H,28,29,30). The second-order valence-corrected chi connectivity index (χ2v) is 40.9. The summed E-state index contributed by atoms with van der Waals surface area (Å²) in [6, 6.07) is 29.9. The predicted molar refractivity (Wildman–Crippen MR) is 589 cm³/mol. The molecule has 2 saturated carbocycles. The fourth-order valence-corrected chi connectivity index (χ4v) is 18.8. The molecule has 796 valence electrons. The maximum absolute atomic E-state index is 13.2. The lowest BCUT2D eigenvalue weighted by Crippen LogP contribution is -2.46. The van der Waals surface area contributed by atoms with Crippen LogP contribution in [-0.4, -0.2) is 286 Å². The summed E-state index contributed by atoms with van der Waals surface area (Å²) in [6.45, 7) is 32.4. The van der Waals surface area contributed by atoms with Crippen molar-refractivity contribution in [2.24, 2.45) is 23.7 Å². The first-order chi connectivity index (χ1) is 72.7. The van der Waals surface area contributed by atoms with Crippen LogP contribution in [0.15, 0.2) is 141 Å². The second-order valence-electron chi connectivity index (χ2n) is 39.3. The Morgan fingerprint density at radius 2 is 0.580 bits per heavy atom. The zero-order chi connectivity index (χ0) is 105. The summed E-state index contributed by atoms with van der Waals surface area (Å²) < 4.78 is 40.3. The van der Waals surface area contributed by atoms with Gasteiger partial charge in [-0.15, -0.1) is 0 Å². The molecule has 4 N–H and O–H groups in total. The monoisotopic (exact) mass is 2130 g/mol. The predicted octanol–water partition coefficient (Wildman–Crippen LogP) is 14.9. The number of aryl methyl sites for hydroxylation is 2. The number of carbonyl (C=O) groups excluding carboxylic acids is 4. The number of benzene rings is 4. The van der Waals surface area contributed by atoms with E-state index in [0.717, 1.165) is 197 Å². The van der Waals surface area contributed by atoms with Gasteiger partial charge in [0.2, 0.25) is 23.8 Å². The second kappa shape index (κ2) is 50.9. The molecular formula is C108H132Cl4N24O14. The van der Waals surface area contributed by atoms with Crippen molar-refractivity contribution in [3.63, 3.8) is 0 Å². The molecule has 12 aromatic rings. The van der Waals surface area contributed by atoms with Crippen molar-refractivity contribution in [3.05, 3.63) is 183 Å². The number of fused-ring (bicyclic) bond motifs is 4. The Kier molecular flexibility index (Phi) is 36.8. The number of aromatic nitrogens is 12. The van der Waals surface area contributed by atoms with Crippen molar-refractivity contribution < 1.29 is 47.6 Å². The van der Waals surface area contributed by atoms with E-state index in [1.807, 2.05) is 72.8 Å². The number of ketones is 4. The van der Waals surface area contributed by atoms with Gasteiger partial charge in [-0.3, -0.25) is 38.4 Å². The maximum Gasteiger partial charge on any atom is 0.293 e. The van der Waals surface area contributed by atoms with Gasteiger partial charge in [-0.05, 0) is 149 Å². The molecule has 6 saturated heterocycles. The minimum atomic E-state index is -0.250. The summed E-state index contributed by atoms with van der Waals surface area (Å²) in [5.74, 6) is 7.02. The molecular weight excluding hydrogens is 2000 g/mol. The van der Waals surface area contributed by atoms with Crippen LogP contribution in [0.2, 0.25) is 20.1 Å². The lowest BCUT2D eigenvalue weighted by molar-refractivity contribution is -0.121. The Morgan fingerprint density at radius 3 is 0.813 bits per heavy atom. The van der Waals surface area contributed by atoms with Crippen LogP contribution in [0.1, 0.15) is 106 Å². The smallest absolute Gasteiger partial charge is 0.293 e. The Bertz CT molecular complexity index is 7090. The van der Waals surface area contributed by atoms with Gasteiger partial charge in [-0.1, -0.05) is 114 Å². The lowest BCUT2D eigenvalue weighted by atomic mass is 10.1. The van der Waals surface area contributed by atoms with Gasteiger partial charge in [-0.25, -0.2) is 19.9 Å². The molecule has 0 radical (unpaired) electrons. The third kappa shape index (κ3) is 28.0. The van der Waals surface area contributed by atoms with Crippen LogP contribution in [0.5, 0.6) is 23.0 Å². The number of halogens is 4. The number of rotatable bonds is 40. The van der Waals surface area contributed by atoms with E-state index in [4.69, 9.17) is 89.8 Å². The van der Waals surface area contributed by atoms with Crippen LogP contribution in [0.3, 0.4) is 0 Å². The van der Waals surface area contributed by atoms with E-state index in [1.165, 1.54) is 25.7 Å². The molecule has 0 amide bonds. The largest absolute Gasteiger partial charge is 0.480 e. The lowest BCUT2D eigenvalue weighted by Gasteiger charge is -2.34. The number of ether oxygens (including phenoxy) is 6. The van der Waals surface area contributed by atoms with Crippen molar-refractivity contribution in [2.45, 2.75) is 132 Å². The van der Waals surface area contributed by atoms with E-state index >= 15 is 0 Å². The summed E-state index contributed by atoms with van der Waals surface area (Å²) >= 11 is 25.8. The van der Waals surface area contributed by atoms with Gasteiger partial charge in [0.05, 0.1) is 73.3 Å². The quantitative estimate of drug-likeness (QED) is 0.0277. The van der Waals surface area contributed by atoms with Crippen LogP contribution in [0.4, 0.5) is 69.8 Å². The van der Waals surface area contributed by atoms with Crippen molar-refractivity contribution in [2.75, 3.05) is 226 Å². The van der Waals surface area contributed by atoms with E-state index in [2.05, 4.69) is 113 Å². The first kappa shape index (κ1) is 108. The van der Waals surface area contributed by atoms with Gasteiger partial charge in [-0.2, -0.15) is 19.9 Å². The number of hydrogen-bond donors (Lipinski definition) is 4. The molecule has 38 nitrogen and oxygen atoms in total. The van der Waals surface area contributed by atoms with E-state index < -0.39 is 0 Å². The molecule has 20 rings (SSSR count). The Hall–Kier alpha value is -12.8. The molecule has 0 atom stereocenters. The summed E-state index contributed by atoms with van der Waals surface area (Å²) in [5, 5.41) is 18.2. The van der Waals surface area contributed by atoms with Crippen molar-refractivity contribution in [1.29, 1.82) is 0 Å². The molecule has 0 unspecified atom stereocenters. The molecule has 6 aliphatic heterocycles. The van der Waals surface area contributed by atoms with Gasteiger partial charge < -0.3 is 107 Å². The van der Waals surface area contributed by atoms with Gasteiger partial charge in [0.1, 0.15) is 46.5 Å². The van der Waals surface area contributed by atoms with E-state index in [-0.39, 0.29) is 107 Å². The highest BCUT2D eigenvalue weighted by atomic mass is 35.5. The van der Waals surface area contributed by atoms with E-state index in [0.29, 0.717) is 157 Å². The number of nitrogens with one attached hydrogen (secondary N) is 4. The van der Waals surface area contributed by atoms with Crippen LogP contribution >= 0.6 is 46.4 Å². The first-order valence-electron chi connectivity index (χ1n) is 52.2. The number of likely N-dealkylation sites (N-methyl/N-ethyl adjacent to an activating group) is 4. The molecule has 14 heterocycles. The molecule has 42 heteroatoms. The maximum atomic E-state index is 13.2. The van der Waals surface area contributed by atoms with Crippen LogP contribution < -0.4 is 82.1 Å². The normalized spacial score (nSPS) is 16.3. The zero-order valence-corrected chi connectivity index (χ0v) is 89.3. The third-order valence-electron chi connectivity index (χ3n) is 28.3. The van der Waals surface area contributed by atoms with Crippen LogP contribution in [0.25, 0.3) is 43.6 Å². The van der Waals surface area contributed by atoms with Gasteiger partial charge in [0.15, 0.2) is 69.4 Å². The molecule has 150 heavy (non-hydrogen) atoms. The molecule has 4 aromatic carbocycles. The highest BCUT2D eigenvalue weighted by Gasteiger charge is 2.31. The number of pyridine rings is 4. The van der Waals surface area contributed by atoms with Gasteiger partial charge in [0, 0.05) is 213 Å². The summed E-state index contributed by atoms with van der Waals surface area (Å²) in [5.41, 5.74) is 5.40. The van der Waals surface area contributed by atoms with Gasteiger partial charge in [0.25, 0.3) is 22.2 Å². The van der Waals surface area contributed by atoms with E-state index in [1.54, 1.807) is 95.0 Å². The minimum absolute atomic E-state index is 0.0465. The number of nitrogens with zero attached hydrogens (tertiary/aromatic N) is 20. The number of anilines is 12. The Labute approximate surface area is 890 Å². The van der Waals surface area contributed by atoms with Gasteiger partial charge >= 0.3 is 0 Å².